The number of rotatable bonds is 6. The Balaban J connectivity index is 2.37. The summed E-state index contributed by atoms with van der Waals surface area (Å²) >= 11 is 0. The highest BCUT2D eigenvalue weighted by Crippen LogP contribution is 2.16. The summed E-state index contributed by atoms with van der Waals surface area (Å²) in [6, 6.07) is 8.02. The second-order valence-corrected chi connectivity index (χ2v) is 3.58. The van der Waals surface area contributed by atoms with Crippen LogP contribution in [-0.2, 0) is 0 Å². The fraction of sp³-hybridized carbons (Fsp3) is 0.385. The molecule has 0 aliphatic rings. The second-order valence-electron chi connectivity index (χ2n) is 3.58. The van der Waals surface area contributed by atoms with E-state index in [0.717, 1.165) is 30.0 Å². The first-order valence-electron chi connectivity index (χ1n) is 5.30. The molecule has 1 rings (SSSR count). The average Bonchev–Trinajstić information content (AvgIpc) is 2.25. The molecule has 82 valence electrons. The third-order valence-corrected chi connectivity index (χ3v) is 2.15. The van der Waals surface area contributed by atoms with E-state index >= 15 is 0 Å². The summed E-state index contributed by atoms with van der Waals surface area (Å²) in [5.74, 6) is 0.940. The molecule has 0 unspecified atom stereocenters. The Labute approximate surface area is 92.0 Å². The minimum atomic E-state index is 0.581. The van der Waals surface area contributed by atoms with E-state index < -0.39 is 0 Å². The number of ether oxygens (including phenoxy) is 1. The summed E-state index contributed by atoms with van der Waals surface area (Å²) in [5, 5.41) is 3.22. The highest BCUT2D eigenvalue weighted by atomic mass is 16.5. The molecule has 1 N–H and O–H groups in total. The van der Waals surface area contributed by atoms with Crippen molar-refractivity contribution in [2.45, 2.75) is 13.8 Å². The average molecular weight is 205 g/mol. The first-order chi connectivity index (χ1) is 7.24. The minimum Gasteiger partial charge on any atom is -0.489 e. The molecule has 15 heavy (non-hydrogen) atoms. The molecule has 0 atom stereocenters. The van der Waals surface area contributed by atoms with Gasteiger partial charge in [0.25, 0.3) is 0 Å². The van der Waals surface area contributed by atoms with Gasteiger partial charge in [0.1, 0.15) is 12.4 Å². The summed E-state index contributed by atoms with van der Waals surface area (Å²) in [4.78, 5) is 0. The van der Waals surface area contributed by atoms with Gasteiger partial charge in [0.15, 0.2) is 0 Å². The van der Waals surface area contributed by atoms with E-state index in [1.165, 1.54) is 0 Å². The van der Waals surface area contributed by atoms with Crippen molar-refractivity contribution < 1.29 is 4.74 Å². The van der Waals surface area contributed by atoms with Gasteiger partial charge in [-0.15, -0.1) is 0 Å². The van der Waals surface area contributed by atoms with Gasteiger partial charge in [-0.25, -0.2) is 0 Å². The molecule has 0 spiro atoms. The summed E-state index contributed by atoms with van der Waals surface area (Å²) in [7, 11) is 0. The molecule has 0 saturated carbocycles. The molecule has 0 aliphatic heterocycles. The number of hydrogen-bond acceptors (Lipinski definition) is 2. The molecule has 1 aromatic rings. The summed E-state index contributed by atoms with van der Waals surface area (Å²) in [5.41, 5.74) is 2.23. The molecule has 2 nitrogen and oxygen atoms in total. The highest BCUT2D eigenvalue weighted by Gasteiger charge is 1.98. The van der Waals surface area contributed by atoms with Gasteiger partial charge in [-0.3, -0.25) is 0 Å². The van der Waals surface area contributed by atoms with Crippen molar-refractivity contribution in [3.8, 4) is 5.75 Å². The number of hydrogen-bond donors (Lipinski definition) is 1. The maximum absolute atomic E-state index is 5.66. The molecule has 0 heterocycles. The molecule has 0 amide bonds. The van der Waals surface area contributed by atoms with Crippen molar-refractivity contribution in [3.05, 3.63) is 42.0 Å². The van der Waals surface area contributed by atoms with Crippen LogP contribution < -0.4 is 10.1 Å². The lowest BCUT2D eigenvalue weighted by atomic mass is 10.2. The maximum Gasteiger partial charge on any atom is 0.122 e. The summed E-state index contributed by atoms with van der Waals surface area (Å²) < 4.78 is 5.66. The first-order valence-corrected chi connectivity index (χ1v) is 5.30. The maximum atomic E-state index is 5.66. The quantitative estimate of drug-likeness (QED) is 0.721. The third kappa shape index (κ3) is 4.17. The van der Waals surface area contributed by atoms with Crippen LogP contribution in [0, 0.1) is 6.92 Å². The fourth-order valence-corrected chi connectivity index (χ4v) is 1.25. The van der Waals surface area contributed by atoms with Crippen LogP contribution in [0.2, 0.25) is 0 Å². The lowest BCUT2D eigenvalue weighted by molar-refractivity contribution is 0.346. The van der Waals surface area contributed by atoms with Crippen molar-refractivity contribution in [2.75, 3.05) is 19.7 Å². The van der Waals surface area contributed by atoms with Gasteiger partial charge < -0.3 is 10.1 Å². The Morgan fingerprint density at radius 2 is 2.13 bits per heavy atom. The van der Waals surface area contributed by atoms with Crippen LogP contribution in [0.15, 0.2) is 36.4 Å². The van der Waals surface area contributed by atoms with E-state index in [2.05, 4.69) is 18.8 Å². The predicted molar refractivity (Wildman–Crippen MR) is 64.4 cm³/mol. The van der Waals surface area contributed by atoms with E-state index in [-0.39, 0.29) is 0 Å². The van der Waals surface area contributed by atoms with Crippen LogP contribution in [0.5, 0.6) is 5.75 Å². The van der Waals surface area contributed by atoms with E-state index in [4.69, 9.17) is 4.74 Å². The van der Waals surface area contributed by atoms with Crippen molar-refractivity contribution in [1.29, 1.82) is 0 Å². The third-order valence-electron chi connectivity index (χ3n) is 2.15. The normalized spacial score (nSPS) is 10.0. The van der Waals surface area contributed by atoms with Crippen LogP contribution >= 0.6 is 0 Å². The lowest BCUT2D eigenvalue weighted by Gasteiger charge is -2.10. The Bertz CT molecular complexity index is 320. The molecule has 0 aromatic heterocycles. The molecule has 0 fully saturated rings. The summed E-state index contributed by atoms with van der Waals surface area (Å²) in [6.45, 7) is 10.4. The van der Waals surface area contributed by atoms with E-state index in [1.54, 1.807) is 0 Å². The number of benzene rings is 1. The summed E-state index contributed by atoms with van der Waals surface area (Å²) in [6.07, 6.45) is 0. The van der Waals surface area contributed by atoms with Gasteiger partial charge in [0.05, 0.1) is 0 Å². The van der Waals surface area contributed by atoms with Gasteiger partial charge in [0, 0.05) is 6.54 Å². The predicted octanol–water partition coefficient (Wildman–Crippen LogP) is 2.54. The second kappa shape index (κ2) is 6.25. The number of nitrogens with one attached hydrogen (secondary N) is 1. The van der Waals surface area contributed by atoms with Crippen molar-refractivity contribution in [1.82, 2.24) is 5.32 Å². The van der Waals surface area contributed by atoms with Crippen LogP contribution in [-0.4, -0.2) is 19.7 Å². The van der Waals surface area contributed by atoms with Crippen LogP contribution in [0.3, 0.4) is 0 Å². The van der Waals surface area contributed by atoms with Crippen molar-refractivity contribution in [2.24, 2.45) is 0 Å². The topological polar surface area (TPSA) is 21.3 Å². The van der Waals surface area contributed by atoms with Gasteiger partial charge >= 0.3 is 0 Å². The zero-order valence-corrected chi connectivity index (χ0v) is 9.55. The van der Waals surface area contributed by atoms with E-state index in [1.807, 2.05) is 31.2 Å². The van der Waals surface area contributed by atoms with Gasteiger partial charge in [-0.1, -0.05) is 31.7 Å². The monoisotopic (exact) mass is 205 g/mol. The molecule has 0 radical (unpaired) electrons. The molecule has 0 bridgehead atoms. The fourth-order valence-electron chi connectivity index (χ4n) is 1.25. The minimum absolute atomic E-state index is 0.581. The van der Waals surface area contributed by atoms with Crippen LogP contribution in [0.1, 0.15) is 12.5 Å². The molecular formula is C13H19NO. The Hall–Kier alpha value is -1.28. The molecule has 1 aromatic carbocycles. The molecular weight excluding hydrogens is 186 g/mol. The first kappa shape index (κ1) is 11.8. The smallest absolute Gasteiger partial charge is 0.122 e. The van der Waals surface area contributed by atoms with Crippen molar-refractivity contribution in [3.63, 3.8) is 0 Å². The van der Waals surface area contributed by atoms with Gasteiger partial charge in [-0.05, 0) is 30.7 Å². The Morgan fingerprint density at radius 3 is 2.80 bits per heavy atom. The Kier molecular flexibility index (Phi) is 4.91. The lowest BCUT2D eigenvalue weighted by Crippen LogP contribution is -2.18. The van der Waals surface area contributed by atoms with Crippen LogP contribution in [0.25, 0.3) is 0 Å². The molecule has 2 heteroatoms. The number of para-hydroxylation sites is 1. The Morgan fingerprint density at radius 1 is 1.40 bits per heavy atom. The van der Waals surface area contributed by atoms with Gasteiger partial charge in [-0.2, -0.15) is 0 Å². The zero-order chi connectivity index (χ0) is 11.1. The van der Waals surface area contributed by atoms with Gasteiger partial charge in [0.2, 0.25) is 0 Å². The zero-order valence-electron chi connectivity index (χ0n) is 9.55. The number of likely N-dealkylation sites (N-methyl/N-ethyl adjacent to an activating group) is 1. The van der Waals surface area contributed by atoms with E-state index in [0.29, 0.717) is 6.61 Å². The van der Waals surface area contributed by atoms with E-state index in [9.17, 15) is 0 Å². The number of aryl methyl sites for hydroxylation is 1. The highest BCUT2D eigenvalue weighted by molar-refractivity contribution is 5.32. The largest absolute Gasteiger partial charge is 0.489 e. The SMILES string of the molecule is C=C(CNCC)COc1ccccc1C. The van der Waals surface area contributed by atoms with Crippen LogP contribution in [0.4, 0.5) is 0 Å². The molecule has 0 aliphatic carbocycles. The standard InChI is InChI=1S/C13H19NO/c1-4-14-9-11(2)10-15-13-8-6-5-7-12(13)3/h5-8,14H,2,4,9-10H2,1,3H3. The molecule has 0 saturated heterocycles. The van der Waals surface area contributed by atoms with Crippen molar-refractivity contribution >= 4 is 0 Å².